The Bertz CT molecular complexity index is 827. The van der Waals surface area contributed by atoms with Gasteiger partial charge in [0.15, 0.2) is 23.0 Å². The largest absolute Gasteiger partial charge is 0.493 e. The molecule has 0 unspecified atom stereocenters. The molecule has 8 nitrogen and oxygen atoms in total. The first-order valence-electron chi connectivity index (χ1n) is 11.1. The lowest BCUT2D eigenvalue weighted by Crippen LogP contribution is -2.53. The predicted octanol–water partition coefficient (Wildman–Crippen LogP) is 2.30. The second kappa shape index (κ2) is 9.34. The number of rotatable bonds is 6. The highest BCUT2D eigenvalue weighted by Crippen LogP contribution is 2.41. The Morgan fingerprint density at radius 2 is 1.16 bits per heavy atom. The second-order valence-corrected chi connectivity index (χ2v) is 8.28. The monoisotopic (exact) mass is 442 g/mol. The molecule has 2 atom stereocenters. The fraction of sp³-hybridized carbons (Fsp3) is 0.500. The zero-order valence-electron chi connectivity index (χ0n) is 18.6. The minimum absolute atomic E-state index is 0.00982. The Labute approximate surface area is 188 Å². The first-order chi connectivity index (χ1) is 15.7. The fourth-order valence-corrected chi connectivity index (χ4v) is 4.45. The van der Waals surface area contributed by atoms with E-state index in [1.807, 2.05) is 36.4 Å². The number of piperazine rings is 1. The van der Waals surface area contributed by atoms with E-state index in [1.54, 1.807) is 14.2 Å². The molecular weight excluding hydrogens is 412 g/mol. The number of para-hydroxylation sites is 2. The van der Waals surface area contributed by atoms with Crippen molar-refractivity contribution >= 4 is 0 Å². The van der Waals surface area contributed by atoms with Gasteiger partial charge in [-0.15, -0.1) is 0 Å². The summed E-state index contributed by atoms with van der Waals surface area (Å²) in [5.41, 5.74) is 0. The molecule has 1 saturated heterocycles. The molecule has 32 heavy (non-hydrogen) atoms. The van der Waals surface area contributed by atoms with Crippen molar-refractivity contribution < 1.29 is 28.4 Å². The minimum Gasteiger partial charge on any atom is -0.493 e. The van der Waals surface area contributed by atoms with Gasteiger partial charge in [0.05, 0.1) is 14.2 Å². The molecule has 0 aromatic heterocycles. The molecule has 5 rings (SSSR count). The summed E-state index contributed by atoms with van der Waals surface area (Å²) in [5, 5.41) is 0. The van der Waals surface area contributed by atoms with Crippen LogP contribution in [0.1, 0.15) is 0 Å². The summed E-state index contributed by atoms with van der Waals surface area (Å²) < 4.78 is 35.1. The molecule has 8 heteroatoms. The van der Waals surface area contributed by atoms with Crippen molar-refractivity contribution in [3.05, 3.63) is 36.4 Å². The highest BCUT2D eigenvalue weighted by atomic mass is 16.6. The second-order valence-electron chi connectivity index (χ2n) is 8.28. The molecule has 0 N–H and O–H groups in total. The summed E-state index contributed by atoms with van der Waals surface area (Å²) in [4.78, 5) is 4.86. The molecule has 0 saturated carbocycles. The van der Waals surface area contributed by atoms with E-state index in [-0.39, 0.29) is 12.2 Å². The summed E-state index contributed by atoms with van der Waals surface area (Å²) in [5.74, 6) is 4.33. The Morgan fingerprint density at radius 3 is 1.56 bits per heavy atom. The van der Waals surface area contributed by atoms with E-state index >= 15 is 0 Å². The van der Waals surface area contributed by atoms with Crippen molar-refractivity contribution in [1.29, 1.82) is 0 Å². The maximum atomic E-state index is 6.21. The van der Waals surface area contributed by atoms with Crippen LogP contribution in [0.4, 0.5) is 0 Å². The van der Waals surface area contributed by atoms with E-state index in [4.69, 9.17) is 28.4 Å². The van der Waals surface area contributed by atoms with E-state index in [9.17, 15) is 0 Å². The first kappa shape index (κ1) is 21.0. The lowest BCUT2D eigenvalue weighted by atomic mass is 10.2. The van der Waals surface area contributed by atoms with Crippen LogP contribution in [0.25, 0.3) is 0 Å². The van der Waals surface area contributed by atoms with Gasteiger partial charge in [0.2, 0.25) is 11.5 Å². The van der Waals surface area contributed by atoms with Crippen LogP contribution in [0.5, 0.6) is 34.5 Å². The highest BCUT2D eigenvalue weighted by Gasteiger charge is 2.30. The van der Waals surface area contributed by atoms with Gasteiger partial charge >= 0.3 is 0 Å². The molecule has 0 amide bonds. The average molecular weight is 443 g/mol. The molecule has 2 aromatic carbocycles. The number of nitrogens with zero attached hydrogens (tertiary/aromatic N) is 2. The number of hydrogen-bond donors (Lipinski definition) is 0. The fourth-order valence-electron chi connectivity index (χ4n) is 4.45. The minimum atomic E-state index is -0.00982. The van der Waals surface area contributed by atoms with Crippen molar-refractivity contribution in [1.82, 2.24) is 9.80 Å². The van der Waals surface area contributed by atoms with Gasteiger partial charge in [-0.3, -0.25) is 9.80 Å². The lowest BCUT2D eigenvalue weighted by molar-refractivity contribution is 0.0184. The van der Waals surface area contributed by atoms with Crippen LogP contribution in [0, 0.1) is 0 Å². The lowest BCUT2D eigenvalue weighted by Gasteiger charge is -2.39. The molecule has 1 fully saturated rings. The summed E-state index contributed by atoms with van der Waals surface area (Å²) in [6.45, 7) is 6.68. The molecular formula is C24H30N2O6. The molecule has 172 valence electrons. The van der Waals surface area contributed by atoms with Crippen molar-refractivity contribution in [2.45, 2.75) is 12.2 Å². The average Bonchev–Trinajstić information content (AvgIpc) is 2.84. The van der Waals surface area contributed by atoms with Gasteiger partial charge in [0.25, 0.3) is 0 Å². The van der Waals surface area contributed by atoms with Gasteiger partial charge < -0.3 is 28.4 Å². The Balaban J connectivity index is 1.11. The molecule has 3 aliphatic heterocycles. The summed E-state index contributed by atoms with van der Waals surface area (Å²) >= 11 is 0. The molecule has 2 aromatic rings. The standard InChI is InChI=1S/C24H30N2O6/c1-27-19-5-3-7-21-23(19)31-17(15-29-21)13-25-9-11-26(12-10-25)14-18-16-30-22-8-4-6-20(28-2)24(22)32-18/h3-8,17-18H,9-16H2,1-2H3/t17-,18+. The van der Waals surface area contributed by atoms with E-state index in [2.05, 4.69) is 9.80 Å². The number of methoxy groups -OCH3 is 2. The van der Waals surface area contributed by atoms with Gasteiger partial charge in [0.1, 0.15) is 25.4 Å². The van der Waals surface area contributed by atoms with Crippen LogP contribution in [-0.4, -0.2) is 88.7 Å². The quantitative estimate of drug-likeness (QED) is 0.676. The van der Waals surface area contributed by atoms with Gasteiger partial charge in [-0.1, -0.05) is 12.1 Å². The third kappa shape index (κ3) is 4.38. The number of fused-ring (bicyclic) bond motifs is 2. The van der Waals surface area contributed by atoms with Crippen LogP contribution in [0.2, 0.25) is 0 Å². The van der Waals surface area contributed by atoms with E-state index in [1.165, 1.54) is 0 Å². The van der Waals surface area contributed by atoms with E-state index in [0.29, 0.717) is 36.2 Å². The normalized spacial score (nSPS) is 22.9. The van der Waals surface area contributed by atoms with Crippen LogP contribution in [0.15, 0.2) is 36.4 Å². The van der Waals surface area contributed by atoms with Gasteiger partial charge in [-0.05, 0) is 24.3 Å². The van der Waals surface area contributed by atoms with Crippen molar-refractivity contribution in [2.24, 2.45) is 0 Å². The summed E-state index contributed by atoms with van der Waals surface area (Å²) in [7, 11) is 3.30. The van der Waals surface area contributed by atoms with Crippen molar-refractivity contribution in [3.63, 3.8) is 0 Å². The third-order valence-electron chi connectivity index (χ3n) is 6.13. The topological polar surface area (TPSA) is 61.9 Å². The molecule has 0 bridgehead atoms. The van der Waals surface area contributed by atoms with Crippen molar-refractivity contribution in [2.75, 3.05) is 66.7 Å². The smallest absolute Gasteiger partial charge is 0.204 e. The Hall–Kier alpha value is -2.84. The number of ether oxygens (including phenoxy) is 6. The van der Waals surface area contributed by atoms with Crippen LogP contribution in [-0.2, 0) is 0 Å². The number of benzene rings is 2. The highest BCUT2D eigenvalue weighted by molar-refractivity contribution is 5.52. The maximum absolute atomic E-state index is 6.21. The Morgan fingerprint density at radius 1 is 0.719 bits per heavy atom. The van der Waals surface area contributed by atoms with Crippen LogP contribution < -0.4 is 28.4 Å². The zero-order valence-corrected chi connectivity index (χ0v) is 18.6. The van der Waals surface area contributed by atoms with E-state index < -0.39 is 0 Å². The first-order valence-corrected chi connectivity index (χ1v) is 11.1. The van der Waals surface area contributed by atoms with Gasteiger partial charge in [0, 0.05) is 39.3 Å². The molecule has 3 aliphatic rings. The van der Waals surface area contributed by atoms with Gasteiger partial charge in [-0.25, -0.2) is 0 Å². The Kier molecular flexibility index (Phi) is 6.14. The van der Waals surface area contributed by atoms with Gasteiger partial charge in [-0.2, -0.15) is 0 Å². The molecule has 0 radical (unpaired) electrons. The predicted molar refractivity (Wildman–Crippen MR) is 119 cm³/mol. The molecule has 0 spiro atoms. The summed E-state index contributed by atoms with van der Waals surface area (Å²) in [6.07, 6.45) is -0.0196. The third-order valence-corrected chi connectivity index (χ3v) is 6.13. The molecule has 3 heterocycles. The number of hydrogen-bond acceptors (Lipinski definition) is 8. The van der Waals surface area contributed by atoms with Crippen LogP contribution >= 0.6 is 0 Å². The van der Waals surface area contributed by atoms with Crippen molar-refractivity contribution in [3.8, 4) is 34.5 Å². The zero-order chi connectivity index (χ0) is 21.9. The van der Waals surface area contributed by atoms with Crippen LogP contribution in [0.3, 0.4) is 0 Å². The SMILES string of the molecule is COc1cccc2c1O[C@@H](CN1CCN(C[C@@H]3COc4cccc(OC)c4O3)CC1)CO2. The molecule has 0 aliphatic carbocycles. The van der Waals surface area contributed by atoms with E-state index in [0.717, 1.165) is 50.8 Å². The summed E-state index contributed by atoms with van der Waals surface area (Å²) in [6, 6.07) is 11.4. The maximum Gasteiger partial charge on any atom is 0.204 e.